The van der Waals surface area contributed by atoms with Crippen LogP contribution in [-0.4, -0.2) is 14.8 Å². The molecular formula is C5H5N4. The van der Waals surface area contributed by atoms with Crippen LogP contribution < -0.4 is 5.32 Å². The zero-order chi connectivity index (χ0) is 6.10. The summed E-state index contributed by atoms with van der Waals surface area (Å²) < 4.78 is 1.85. The maximum absolute atomic E-state index is 3.99. The van der Waals surface area contributed by atoms with E-state index in [1.54, 1.807) is 12.5 Å². The highest BCUT2D eigenvalue weighted by molar-refractivity contribution is 5.25. The fraction of sp³-hybridized carbons (Fsp3) is 0.200. The summed E-state index contributed by atoms with van der Waals surface area (Å²) in [5.41, 5.74) is 0. The molecule has 1 radical (unpaired) electrons. The minimum Gasteiger partial charge on any atom is -0.289 e. The molecule has 0 fully saturated rings. The summed E-state index contributed by atoms with van der Waals surface area (Å²) in [6, 6.07) is 0. The first kappa shape index (κ1) is 4.55. The van der Waals surface area contributed by atoms with Crippen molar-refractivity contribution in [2.45, 2.75) is 6.54 Å². The minimum atomic E-state index is 0.649. The number of aromatic nitrogens is 3. The lowest BCUT2D eigenvalue weighted by atomic mass is 10.5. The molecular weight excluding hydrogens is 116 g/mol. The lowest BCUT2D eigenvalue weighted by molar-refractivity contribution is 0.743. The van der Waals surface area contributed by atoms with E-state index in [1.807, 2.05) is 10.8 Å². The smallest absolute Gasteiger partial charge is 0.158 e. The molecule has 0 unspecified atom stereocenters. The minimum absolute atomic E-state index is 0.649. The van der Waals surface area contributed by atoms with Gasteiger partial charge in [0, 0.05) is 12.4 Å². The first-order valence-corrected chi connectivity index (χ1v) is 2.68. The molecule has 1 aromatic rings. The first-order valence-electron chi connectivity index (χ1n) is 2.68. The van der Waals surface area contributed by atoms with Crippen molar-refractivity contribution in [2.75, 3.05) is 0 Å². The molecule has 1 aliphatic rings. The molecule has 9 heavy (non-hydrogen) atoms. The highest BCUT2D eigenvalue weighted by atomic mass is 15.3. The second-order valence-corrected chi connectivity index (χ2v) is 1.79. The van der Waals surface area contributed by atoms with Crippen molar-refractivity contribution >= 4 is 6.20 Å². The normalized spacial score (nSPS) is 14.7. The van der Waals surface area contributed by atoms with E-state index >= 15 is 0 Å². The van der Waals surface area contributed by atoms with Crippen molar-refractivity contribution < 1.29 is 0 Å². The molecule has 1 aromatic heterocycles. The van der Waals surface area contributed by atoms with Gasteiger partial charge in [0.25, 0.3) is 0 Å². The third-order valence-corrected chi connectivity index (χ3v) is 1.21. The van der Waals surface area contributed by atoms with E-state index in [2.05, 4.69) is 15.5 Å². The summed E-state index contributed by atoms with van der Waals surface area (Å²) in [6.07, 6.45) is 5.25. The summed E-state index contributed by atoms with van der Waals surface area (Å²) in [4.78, 5) is 0. The fourth-order valence-electron chi connectivity index (χ4n) is 0.758. The van der Waals surface area contributed by atoms with Gasteiger partial charge in [-0.05, 0) is 0 Å². The second-order valence-electron chi connectivity index (χ2n) is 1.79. The van der Waals surface area contributed by atoms with Gasteiger partial charge in [-0.3, -0.25) is 9.88 Å². The predicted molar refractivity (Wildman–Crippen MR) is 31.2 cm³/mol. The van der Waals surface area contributed by atoms with E-state index in [-0.39, 0.29) is 0 Å². The molecule has 0 bridgehead atoms. The Labute approximate surface area is 52.2 Å². The van der Waals surface area contributed by atoms with Gasteiger partial charge in [-0.2, -0.15) is 0 Å². The number of nitrogens with zero attached hydrogens (tertiary/aromatic N) is 4. The zero-order valence-electron chi connectivity index (χ0n) is 4.73. The van der Waals surface area contributed by atoms with E-state index in [9.17, 15) is 0 Å². The molecule has 0 amide bonds. The molecule has 0 saturated heterocycles. The Morgan fingerprint density at radius 2 is 2.56 bits per heavy atom. The standard InChI is InChI=1S/C5H5N4/c1-2-9-4-7-8-5(9)3-6-1/h1-2,4H,3H2. The van der Waals surface area contributed by atoms with Crippen molar-refractivity contribution in [2.24, 2.45) is 0 Å². The van der Waals surface area contributed by atoms with Gasteiger partial charge in [0.05, 0.1) is 6.54 Å². The van der Waals surface area contributed by atoms with Gasteiger partial charge in [-0.25, -0.2) is 0 Å². The average Bonchev–Trinajstić information content (AvgIpc) is 2.33. The van der Waals surface area contributed by atoms with Crippen LogP contribution in [0.5, 0.6) is 0 Å². The van der Waals surface area contributed by atoms with Gasteiger partial charge >= 0.3 is 0 Å². The lowest BCUT2D eigenvalue weighted by Crippen LogP contribution is -2.08. The molecule has 0 N–H and O–H groups in total. The Balaban J connectivity index is 2.53. The van der Waals surface area contributed by atoms with Crippen molar-refractivity contribution in [3.8, 4) is 0 Å². The molecule has 0 atom stereocenters. The Bertz CT molecular complexity index is 237. The van der Waals surface area contributed by atoms with E-state index in [4.69, 9.17) is 0 Å². The molecule has 45 valence electrons. The van der Waals surface area contributed by atoms with E-state index < -0.39 is 0 Å². The predicted octanol–water partition coefficient (Wildman–Crippen LogP) is -0.176. The Kier molecular flexibility index (Phi) is 0.798. The highest BCUT2D eigenvalue weighted by Gasteiger charge is 2.03. The van der Waals surface area contributed by atoms with Crippen LogP contribution in [0.25, 0.3) is 6.20 Å². The third kappa shape index (κ3) is 0.595. The highest BCUT2D eigenvalue weighted by Crippen LogP contribution is 1.99. The molecule has 0 aliphatic carbocycles. The number of rotatable bonds is 0. The van der Waals surface area contributed by atoms with Crippen molar-refractivity contribution in [1.82, 2.24) is 20.1 Å². The zero-order valence-corrected chi connectivity index (χ0v) is 4.73. The molecule has 2 heterocycles. The van der Waals surface area contributed by atoms with Crippen LogP contribution >= 0.6 is 0 Å². The van der Waals surface area contributed by atoms with Crippen LogP contribution in [-0.2, 0) is 6.54 Å². The van der Waals surface area contributed by atoms with E-state index in [0.29, 0.717) is 6.54 Å². The SMILES string of the molecule is C1=Cn2cnnc2C[N]1. The lowest BCUT2D eigenvalue weighted by Gasteiger charge is -2.03. The molecule has 2 rings (SSSR count). The molecule has 0 spiro atoms. The van der Waals surface area contributed by atoms with E-state index in [1.165, 1.54) is 0 Å². The Morgan fingerprint density at radius 1 is 1.56 bits per heavy atom. The van der Waals surface area contributed by atoms with Gasteiger partial charge < -0.3 is 0 Å². The molecule has 0 saturated carbocycles. The molecule has 1 aliphatic heterocycles. The molecule has 0 aromatic carbocycles. The summed E-state index contributed by atoms with van der Waals surface area (Å²) in [7, 11) is 0. The van der Waals surface area contributed by atoms with Crippen LogP contribution in [0.1, 0.15) is 5.82 Å². The number of hydrogen-bond acceptors (Lipinski definition) is 2. The topological polar surface area (TPSA) is 44.8 Å². The Morgan fingerprint density at radius 3 is 3.44 bits per heavy atom. The fourth-order valence-corrected chi connectivity index (χ4v) is 0.758. The van der Waals surface area contributed by atoms with Crippen molar-refractivity contribution in [3.05, 3.63) is 18.4 Å². The largest absolute Gasteiger partial charge is 0.289 e. The maximum atomic E-state index is 3.99. The van der Waals surface area contributed by atoms with Crippen LogP contribution in [0.15, 0.2) is 12.5 Å². The van der Waals surface area contributed by atoms with Gasteiger partial charge in [0.1, 0.15) is 6.33 Å². The Hall–Kier alpha value is -1.32. The quantitative estimate of drug-likeness (QED) is 0.478. The summed E-state index contributed by atoms with van der Waals surface area (Å²) >= 11 is 0. The summed E-state index contributed by atoms with van der Waals surface area (Å²) in [6.45, 7) is 0.649. The number of hydrogen-bond donors (Lipinski definition) is 0. The second kappa shape index (κ2) is 1.58. The monoisotopic (exact) mass is 121 g/mol. The number of fused-ring (bicyclic) bond motifs is 1. The first-order chi connectivity index (χ1) is 4.47. The van der Waals surface area contributed by atoms with Crippen molar-refractivity contribution in [1.29, 1.82) is 0 Å². The summed E-state index contributed by atoms with van der Waals surface area (Å²) in [5, 5.41) is 11.5. The van der Waals surface area contributed by atoms with Crippen LogP contribution in [0.3, 0.4) is 0 Å². The molecule has 4 heteroatoms. The molecule has 4 nitrogen and oxygen atoms in total. The van der Waals surface area contributed by atoms with Gasteiger partial charge in [-0.1, -0.05) is 0 Å². The van der Waals surface area contributed by atoms with Crippen LogP contribution in [0, 0.1) is 0 Å². The van der Waals surface area contributed by atoms with Crippen molar-refractivity contribution in [3.63, 3.8) is 0 Å². The van der Waals surface area contributed by atoms with Gasteiger partial charge in [-0.15, -0.1) is 10.2 Å². The average molecular weight is 121 g/mol. The summed E-state index contributed by atoms with van der Waals surface area (Å²) in [5.74, 6) is 0.900. The van der Waals surface area contributed by atoms with Gasteiger partial charge in [0.15, 0.2) is 5.82 Å². The van der Waals surface area contributed by atoms with Crippen LogP contribution in [0.2, 0.25) is 0 Å². The maximum Gasteiger partial charge on any atom is 0.158 e. The van der Waals surface area contributed by atoms with Crippen LogP contribution in [0.4, 0.5) is 0 Å². The third-order valence-electron chi connectivity index (χ3n) is 1.21. The van der Waals surface area contributed by atoms with Gasteiger partial charge in [0.2, 0.25) is 0 Å². The van der Waals surface area contributed by atoms with E-state index in [0.717, 1.165) is 5.82 Å².